The molecule has 1 fully saturated rings. The molecule has 0 spiro atoms. The number of nitrogens with zero attached hydrogens (tertiary/aromatic N) is 1. The average molecular weight is 762 g/mol. The number of halogens is 3. The summed E-state index contributed by atoms with van der Waals surface area (Å²) >= 11 is 15.1. The van der Waals surface area contributed by atoms with Crippen LogP contribution in [0.3, 0.4) is 0 Å². The maximum atomic E-state index is 13.4. The lowest BCUT2D eigenvalue weighted by Crippen LogP contribution is -2.53. The van der Waals surface area contributed by atoms with Gasteiger partial charge in [0, 0.05) is 34.9 Å². The Labute approximate surface area is 288 Å². The summed E-state index contributed by atoms with van der Waals surface area (Å²) in [6, 6.07) is 22.8. The van der Waals surface area contributed by atoms with Gasteiger partial charge in [-0.3, -0.25) is 19.7 Å². The maximum Gasteiger partial charge on any atom is 0.289 e. The molecule has 4 aromatic carbocycles. The molecular weight excluding hydrogens is 735 g/mol. The molecule has 4 aromatic rings. The van der Waals surface area contributed by atoms with E-state index in [4.69, 9.17) is 27.9 Å². The number of hydrogen-bond acceptors (Lipinski definition) is 8. The maximum absolute atomic E-state index is 13.4. The molecule has 1 heterocycles. The second-order valence-electron chi connectivity index (χ2n) is 10.7. The third kappa shape index (κ3) is 8.87. The van der Waals surface area contributed by atoms with E-state index in [0.29, 0.717) is 29.3 Å². The van der Waals surface area contributed by atoms with Crippen molar-refractivity contribution in [1.82, 2.24) is 15.4 Å². The number of carbonyl (C=O) groups is 2. The summed E-state index contributed by atoms with van der Waals surface area (Å²) in [6.45, 7) is 0.365. The van der Waals surface area contributed by atoms with Gasteiger partial charge in [0.25, 0.3) is 21.6 Å². The van der Waals surface area contributed by atoms with Crippen LogP contribution in [0.1, 0.15) is 12.0 Å². The van der Waals surface area contributed by atoms with Crippen molar-refractivity contribution in [2.45, 2.75) is 35.9 Å². The highest BCUT2D eigenvalue weighted by atomic mass is 79.9. The molecule has 47 heavy (non-hydrogen) atoms. The summed E-state index contributed by atoms with van der Waals surface area (Å²) < 4.78 is 34.9. The summed E-state index contributed by atoms with van der Waals surface area (Å²) in [6.07, 6.45) is -0.0790. The number of carbonyl (C=O) groups excluding carboxylic acids is 2. The van der Waals surface area contributed by atoms with Crippen LogP contribution in [-0.4, -0.2) is 49.9 Å². The van der Waals surface area contributed by atoms with E-state index in [0.717, 1.165) is 33.8 Å². The zero-order chi connectivity index (χ0) is 33.7. The Hall–Kier alpha value is -4.01. The van der Waals surface area contributed by atoms with E-state index in [1.807, 2.05) is 53.3 Å². The van der Waals surface area contributed by atoms with E-state index in [2.05, 4.69) is 26.6 Å². The second kappa shape index (κ2) is 14.8. The minimum atomic E-state index is -4.56. The topological polar surface area (TPSA) is 157 Å². The Balaban J connectivity index is 1.25. The normalized spacial score (nSPS) is 16.7. The van der Waals surface area contributed by atoms with Gasteiger partial charge in [0.05, 0.1) is 15.9 Å². The SMILES string of the molecule is O=C(N[C@@H](Cc1ccc(Br)cc1)C(=O)NS(=O)(=O)c1ccc(Cl)c([N+](=O)[O-])c1)[C@@H]1C[C@H](Oc2ccc(-c3ccc(Cl)cc3)cc2)CN1. The number of rotatable bonds is 11. The first-order chi connectivity index (χ1) is 22.4. The molecule has 2 amide bonds. The van der Waals surface area contributed by atoms with Gasteiger partial charge in [-0.2, -0.15) is 0 Å². The summed E-state index contributed by atoms with van der Waals surface area (Å²) in [7, 11) is -4.56. The Morgan fingerprint density at radius 3 is 2.26 bits per heavy atom. The fourth-order valence-corrected chi connectivity index (χ4v) is 6.57. The van der Waals surface area contributed by atoms with Crippen LogP contribution in [0.2, 0.25) is 10.0 Å². The van der Waals surface area contributed by atoms with Gasteiger partial charge in [0.1, 0.15) is 22.9 Å². The summed E-state index contributed by atoms with van der Waals surface area (Å²) in [4.78, 5) is 36.6. The van der Waals surface area contributed by atoms with Crippen molar-refractivity contribution >= 4 is 66.7 Å². The van der Waals surface area contributed by atoms with E-state index in [1.54, 1.807) is 24.3 Å². The Morgan fingerprint density at radius 1 is 0.979 bits per heavy atom. The third-order valence-corrected chi connectivity index (χ3v) is 9.83. The first kappa shape index (κ1) is 34.3. The van der Waals surface area contributed by atoms with Gasteiger partial charge in [0.2, 0.25) is 5.91 Å². The summed E-state index contributed by atoms with van der Waals surface area (Å²) in [5.74, 6) is -0.924. The first-order valence-electron chi connectivity index (χ1n) is 14.2. The molecule has 11 nitrogen and oxygen atoms in total. The fraction of sp³-hybridized carbons (Fsp3) is 0.188. The number of hydrogen-bond donors (Lipinski definition) is 3. The Kier molecular flexibility index (Phi) is 10.8. The van der Waals surface area contributed by atoms with E-state index in [9.17, 15) is 28.1 Å². The molecule has 0 unspecified atom stereocenters. The standard InChI is InChI=1S/C32H27BrCl2N4O7S/c33-22-7-1-19(2-8-22)15-29(32(41)38-47(44,45)26-13-14-27(35)30(17-26)39(42)43)37-31(40)28-16-25(18-36-28)46-24-11-5-21(6-12-24)20-3-9-23(34)10-4-20/h1-14,17,25,28-29,36H,15-16,18H2,(H,37,40)(H,38,41)/t25-,28-,29-/m0/s1. The van der Waals surface area contributed by atoms with Crippen LogP contribution in [0.5, 0.6) is 5.75 Å². The van der Waals surface area contributed by atoms with Crippen molar-refractivity contribution in [3.8, 4) is 16.9 Å². The molecule has 1 aliphatic rings. The number of nitro groups is 1. The highest BCUT2D eigenvalue weighted by Gasteiger charge is 2.34. The zero-order valence-corrected chi connectivity index (χ0v) is 28.3. The summed E-state index contributed by atoms with van der Waals surface area (Å²) in [5, 5.41) is 17.4. The van der Waals surface area contributed by atoms with Crippen molar-refractivity contribution in [3.05, 3.63) is 121 Å². The quantitative estimate of drug-likeness (QED) is 0.130. The number of nitro benzene ring substituents is 1. The van der Waals surface area contributed by atoms with Gasteiger partial charge in [-0.1, -0.05) is 75.5 Å². The van der Waals surface area contributed by atoms with Gasteiger partial charge in [-0.15, -0.1) is 0 Å². The average Bonchev–Trinajstić information content (AvgIpc) is 3.51. The molecule has 0 aromatic heterocycles. The third-order valence-electron chi connectivity index (χ3n) is 7.39. The molecular formula is C32H27BrCl2N4O7S. The lowest BCUT2D eigenvalue weighted by molar-refractivity contribution is -0.384. The minimum absolute atomic E-state index is 0.0340. The molecule has 0 bridgehead atoms. The van der Waals surface area contributed by atoms with Crippen molar-refractivity contribution in [2.24, 2.45) is 0 Å². The van der Waals surface area contributed by atoms with Crippen LogP contribution in [0.25, 0.3) is 11.1 Å². The van der Waals surface area contributed by atoms with E-state index < -0.39 is 49.4 Å². The van der Waals surface area contributed by atoms with Crippen LogP contribution in [0.4, 0.5) is 5.69 Å². The molecule has 5 rings (SSSR count). The summed E-state index contributed by atoms with van der Waals surface area (Å²) in [5.41, 5.74) is 2.01. The monoisotopic (exact) mass is 760 g/mol. The van der Waals surface area contributed by atoms with Crippen LogP contribution >= 0.6 is 39.1 Å². The number of benzene rings is 4. The fourth-order valence-electron chi connectivity index (χ4n) is 4.95. The molecule has 1 saturated heterocycles. The minimum Gasteiger partial charge on any atom is -0.489 e. The van der Waals surface area contributed by atoms with Gasteiger partial charge in [-0.25, -0.2) is 13.1 Å². The lowest BCUT2D eigenvalue weighted by atomic mass is 10.0. The first-order valence-corrected chi connectivity index (χ1v) is 17.2. The van der Waals surface area contributed by atoms with Gasteiger partial charge in [0.15, 0.2) is 0 Å². The number of sulfonamides is 1. The van der Waals surface area contributed by atoms with Crippen molar-refractivity contribution < 1.29 is 27.7 Å². The Morgan fingerprint density at radius 2 is 1.62 bits per heavy atom. The van der Waals surface area contributed by atoms with Crippen molar-refractivity contribution in [2.75, 3.05) is 6.54 Å². The smallest absolute Gasteiger partial charge is 0.289 e. The molecule has 0 radical (unpaired) electrons. The van der Waals surface area contributed by atoms with Gasteiger partial charge < -0.3 is 15.4 Å². The zero-order valence-electron chi connectivity index (χ0n) is 24.4. The van der Waals surface area contributed by atoms with Gasteiger partial charge in [-0.05, 0) is 65.2 Å². The number of amides is 2. The van der Waals surface area contributed by atoms with Crippen LogP contribution in [-0.2, 0) is 26.0 Å². The molecule has 244 valence electrons. The van der Waals surface area contributed by atoms with Crippen LogP contribution in [0, 0.1) is 10.1 Å². The largest absolute Gasteiger partial charge is 0.489 e. The van der Waals surface area contributed by atoms with E-state index >= 15 is 0 Å². The number of nitrogens with one attached hydrogen (secondary N) is 3. The van der Waals surface area contributed by atoms with E-state index in [-0.39, 0.29) is 17.5 Å². The second-order valence-corrected chi connectivity index (χ2v) is 14.1. The van der Waals surface area contributed by atoms with E-state index in [1.165, 1.54) is 0 Å². The molecule has 3 N–H and O–H groups in total. The molecule has 15 heteroatoms. The Bertz CT molecular complexity index is 1890. The lowest BCUT2D eigenvalue weighted by Gasteiger charge is -2.21. The highest BCUT2D eigenvalue weighted by molar-refractivity contribution is 9.10. The predicted octanol–water partition coefficient (Wildman–Crippen LogP) is 5.67. The predicted molar refractivity (Wildman–Crippen MR) is 181 cm³/mol. The molecule has 1 aliphatic heterocycles. The van der Waals surface area contributed by atoms with Crippen LogP contribution in [0.15, 0.2) is 100 Å². The molecule has 3 atom stereocenters. The molecule has 0 aliphatic carbocycles. The highest BCUT2D eigenvalue weighted by Crippen LogP contribution is 2.28. The van der Waals surface area contributed by atoms with Crippen LogP contribution < -0.4 is 20.1 Å². The van der Waals surface area contributed by atoms with Crippen molar-refractivity contribution in [1.29, 1.82) is 0 Å². The van der Waals surface area contributed by atoms with Gasteiger partial charge >= 0.3 is 0 Å². The van der Waals surface area contributed by atoms with Crippen molar-refractivity contribution in [3.63, 3.8) is 0 Å². The molecule has 0 saturated carbocycles. The number of ether oxygens (including phenoxy) is 1.